The second kappa shape index (κ2) is 13.6. The molecular formula is C21H35FIN5O2. The van der Waals surface area contributed by atoms with Crippen LogP contribution in [0.3, 0.4) is 0 Å². The number of morpholine rings is 1. The third kappa shape index (κ3) is 7.57. The summed E-state index contributed by atoms with van der Waals surface area (Å²) in [4.78, 5) is 22.6. The van der Waals surface area contributed by atoms with Crippen molar-refractivity contribution in [1.82, 2.24) is 15.1 Å². The molecule has 170 valence electrons. The number of aliphatic imine (C=N–C) groups is 1. The Kier molecular flexibility index (Phi) is 12.0. The first-order valence-electron chi connectivity index (χ1n) is 10.4. The zero-order valence-electron chi connectivity index (χ0n) is 18.5. The molecule has 1 N–H and O–H groups in total. The minimum atomic E-state index is -0.241. The minimum Gasteiger partial charge on any atom is -0.378 e. The zero-order chi connectivity index (χ0) is 21.2. The highest BCUT2D eigenvalue weighted by atomic mass is 127. The van der Waals surface area contributed by atoms with E-state index < -0.39 is 0 Å². The van der Waals surface area contributed by atoms with Gasteiger partial charge in [0.1, 0.15) is 5.82 Å². The lowest BCUT2D eigenvalue weighted by molar-refractivity contribution is -0.131. The predicted octanol–water partition coefficient (Wildman–Crippen LogP) is 2.55. The molecular weight excluding hydrogens is 500 g/mol. The fourth-order valence-electron chi connectivity index (χ4n) is 3.30. The lowest BCUT2D eigenvalue weighted by Gasteiger charge is -2.29. The number of carbonyl (C=O) groups is 1. The predicted molar refractivity (Wildman–Crippen MR) is 130 cm³/mol. The molecule has 1 aliphatic heterocycles. The fourth-order valence-corrected chi connectivity index (χ4v) is 3.30. The van der Waals surface area contributed by atoms with Crippen molar-refractivity contribution < 1.29 is 13.9 Å². The van der Waals surface area contributed by atoms with E-state index in [-0.39, 0.29) is 42.2 Å². The van der Waals surface area contributed by atoms with Crippen LogP contribution in [0.2, 0.25) is 0 Å². The van der Waals surface area contributed by atoms with Gasteiger partial charge in [-0.3, -0.25) is 4.79 Å². The van der Waals surface area contributed by atoms with Gasteiger partial charge in [-0.05, 0) is 38.5 Å². The molecule has 1 aromatic rings. The number of halogens is 2. The van der Waals surface area contributed by atoms with E-state index in [1.165, 1.54) is 0 Å². The Morgan fingerprint density at radius 1 is 1.23 bits per heavy atom. The number of hydrogen-bond acceptors (Lipinski definition) is 4. The van der Waals surface area contributed by atoms with Gasteiger partial charge in [-0.2, -0.15) is 0 Å². The highest BCUT2D eigenvalue weighted by Crippen LogP contribution is 2.22. The van der Waals surface area contributed by atoms with Crippen LogP contribution in [-0.2, 0) is 16.1 Å². The van der Waals surface area contributed by atoms with Crippen molar-refractivity contribution in [2.75, 3.05) is 64.4 Å². The van der Waals surface area contributed by atoms with E-state index in [9.17, 15) is 9.18 Å². The Morgan fingerprint density at radius 3 is 2.47 bits per heavy atom. The number of nitrogens with one attached hydrogen (secondary N) is 1. The van der Waals surface area contributed by atoms with Gasteiger partial charge in [0.05, 0.1) is 32.0 Å². The number of carbonyl (C=O) groups excluding carboxylic acids is 1. The number of amides is 1. The molecule has 0 saturated carbocycles. The van der Waals surface area contributed by atoms with Crippen LogP contribution in [0.15, 0.2) is 23.2 Å². The second-order valence-corrected chi connectivity index (χ2v) is 6.98. The normalized spacial score (nSPS) is 14.2. The summed E-state index contributed by atoms with van der Waals surface area (Å²) >= 11 is 0. The van der Waals surface area contributed by atoms with E-state index in [1.807, 2.05) is 49.8 Å². The standard InChI is InChI=1S/C21H34FN5O2.HI/c1-5-23-21(25(4)16-20(28)26(6-2)7-3)24-15-17-8-9-19(18(22)14-17)27-10-12-29-13-11-27;/h8-9,14H,5-7,10-13,15-16H2,1-4H3,(H,23,24);1H. The smallest absolute Gasteiger partial charge is 0.242 e. The van der Waals surface area contributed by atoms with Gasteiger partial charge >= 0.3 is 0 Å². The molecule has 1 amide bonds. The first-order chi connectivity index (χ1) is 14.0. The Balaban J connectivity index is 0.00000450. The van der Waals surface area contributed by atoms with Crippen LogP contribution >= 0.6 is 24.0 Å². The molecule has 0 radical (unpaired) electrons. The van der Waals surface area contributed by atoms with E-state index in [0.29, 0.717) is 64.1 Å². The summed E-state index contributed by atoms with van der Waals surface area (Å²) < 4.78 is 19.9. The molecule has 1 aromatic carbocycles. The molecule has 9 heteroatoms. The number of nitrogens with zero attached hydrogens (tertiary/aromatic N) is 4. The summed E-state index contributed by atoms with van der Waals surface area (Å²) in [5.41, 5.74) is 1.40. The first kappa shape index (κ1) is 26.4. The number of anilines is 1. The second-order valence-electron chi connectivity index (χ2n) is 6.98. The van der Waals surface area contributed by atoms with Gasteiger partial charge in [-0.1, -0.05) is 6.07 Å². The van der Waals surface area contributed by atoms with Crippen LogP contribution in [0.1, 0.15) is 26.3 Å². The van der Waals surface area contributed by atoms with Gasteiger partial charge in [-0.15, -0.1) is 24.0 Å². The average Bonchev–Trinajstić information content (AvgIpc) is 2.72. The molecule has 30 heavy (non-hydrogen) atoms. The Morgan fingerprint density at radius 2 is 1.90 bits per heavy atom. The number of rotatable bonds is 8. The van der Waals surface area contributed by atoms with E-state index in [2.05, 4.69) is 10.3 Å². The van der Waals surface area contributed by atoms with E-state index in [0.717, 1.165) is 5.56 Å². The molecule has 0 spiro atoms. The largest absolute Gasteiger partial charge is 0.378 e. The number of ether oxygens (including phenoxy) is 1. The van der Waals surface area contributed by atoms with Gasteiger partial charge in [0.2, 0.25) is 5.91 Å². The number of likely N-dealkylation sites (N-methyl/N-ethyl adjacent to an activating group) is 2. The van der Waals surface area contributed by atoms with Crippen LogP contribution in [0, 0.1) is 5.82 Å². The maximum Gasteiger partial charge on any atom is 0.242 e. The van der Waals surface area contributed by atoms with Crippen LogP contribution < -0.4 is 10.2 Å². The number of benzene rings is 1. The minimum absolute atomic E-state index is 0. The van der Waals surface area contributed by atoms with Crippen molar-refractivity contribution in [3.8, 4) is 0 Å². The van der Waals surface area contributed by atoms with Crippen LogP contribution in [0.4, 0.5) is 10.1 Å². The van der Waals surface area contributed by atoms with Gasteiger partial charge < -0.3 is 24.8 Å². The molecule has 0 atom stereocenters. The highest BCUT2D eigenvalue weighted by Gasteiger charge is 2.17. The first-order valence-corrected chi connectivity index (χ1v) is 10.4. The molecule has 0 aliphatic carbocycles. The van der Waals surface area contributed by atoms with Crippen molar-refractivity contribution in [2.24, 2.45) is 4.99 Å². The Labute approximate surface area is 196 Å². The SMILES string of the molecule is CCNC(=NCc1ccc(N2CCOCC2)c(F)c1)N(C)CC(=O)N(CC)CC.I. The molecule has 7 nitrogen and oxygen atoms in total. The summed E-state index contributed by atoms with van der Waals surface area (Å²) in [5, 5.41) is 3.20. The van der Waals surface area contributed by atoms with Crippen molar-refractivity contribution in [3.05, 3.63) is 29.6 Å². The van der Waals surface area contributed by atoms with Crippen molar-refractivity contribution in [1.29, 1.82) is 0 Å². The summed E-state index contributed by atoms with van der Waals surface area (Å²) in [6, 6.07) is 5.26. The Bertz CT molecular complexity index is 694. The molecule has 2 rings (SSSR count). The van der Waals surface area contributed by atoms with Gasteiger partial charge in [0.25, 0.3) is 0 Å². The number of hydrogen-bond donors (Lipinski definition) is 1. The molecule has 1 saturated heterocycles. The Hall–Kier alpha value is -1.62. The molecule has 1 heterocycles. The summed E-state index contributed by atoms with van der Waals surface area (Å²) in [5.74, 6) is 0.448. The lowest BCUT2D eigenvalue weighted by Crippen LogP contribution is -2.45. The maximum absolute atomic E-state index is 14.6. The summed E-state index contributed by atoms with van der Waals surface area (Å²) in [6.45, 7) is 11.2. The summed E-state index contributed by atoms with van der Waals surface area (Å²) in [7, 11) is 1.84. The number of guanidine groups is 1. The van der Waals surface area contributed by atoms with Crippen molar-refractivity contribution in [3.63, 3.8) is 0 Å². The summed E-state index contributed by atoms with van der Waals surface area (Å²) in [6.07, 6.45) is 0. The van der Waals surface area contributed by atoms with E-state index in [4.69, 9.17) is 4.74 Å². The third-order valence-corrected chi connectivity index (χ3v) is 4.96. The average molecular weight is 535 g/mol. The fraction of sp³-hybridized carbons (Fsp3) is 0.619. The lowest BCUT2D eigenvalue weighted by atomic mass is 10.1. The molecule has 0 unspecified atom stereocenters. The highest BCUT2D eigenvalue weighted by molar-refractivity contribution is 14.0. The van der Waals surface area contributed by atoms with Crippen LogP contribution in [-0.4, -0.2) is 81.2 Å². The van der Waals surface area contributed by atoms with Gasteiger partial charge in [0.15, 0.2) is 5.96 Å². The van der Waals surface area contributed by atoms with E-state index in [1.54, 1.807) is 11.0 Å². The topological polar surface area (TPSA) is 60.4 Å². The van der Waals surface area contributed by atoms with Gasteiger partial charge in [-0.25, -0.2) is 9.38 Å². The molecule has 0 bridgehead atoms. The molecule has 1 aliphatic rings. The maximum atomic E-state index is 14.6. The van der Waals surface area contributed by atoms with Crippen LogP contribution in [0.25, 0.3) is 0 Å². The van der Waals surface area contributed by atoms with Gasteiger partial charge in [0, 0.05) is 39.8 Å². The van der Waals surface area contributed by atoms with E-state index >= 15 is 0 Å². The zero-order valence-corrected chi connectivity index (χ0v) is 20.8. The van der Waals surface area contributed by atoms with Crippen molar-refractivity contribution >= 4 is 41.5 Å². The third-order valence-electron chi connectivity index (χ3n) is 4.96. The van der Waals surface area contributed by atoms with Crippen LogP contribution in [0.5, 0.6) is 0 Å². The quantitative estimate of drug-likeness (QED) is 0.315. The molecule has 0 aromatic heterocycles. The molecule has 1 fully saturated rings. The van der Waals surface area contributed by atoms with Crippen molar-refractivity contribution in [2.45, 2.75) is 27.3 Å². The monoisotopic (exact) mass is 535 g/mol.